The molecule has 1 N–H and O–H groups in total. The zero-order valence-electron chi connectivity index (χ0n) is 13.2. The van der Waals surface area contributed by atoms with Gasteiger partial charge in [0.15, 0.2) is 0 Å². The Morgan fingerprint density at radius 2 is 1.57 bits per heavy atom. The van der Waals surface area contributed by atoms with Crippen LogP contribution in [0.15, 0.2) is 48.5 Å². The molecular formula is C18H19ClN2O2. The fourth-order valence-corrected chi connectivity index (χ4v) is 2.27. The van der Waals surface area contributed by atoms with Gasteiger partial charge in [-0.05, 0) is 35.4 Å². The van der Waals surface area contributed by atoms with Crippen molar-refractivity contribution in [3.63, 3.8) is 0 Å². The summed E-state index contributed by atoms with van der Waals surface area (Å²) in [5.41, 5.74) is 2.60. The van der Waals surface area contributed by atoms with Crippen molar-refractivity contribution in [2.24, 2.45) is 0 Å². The number of nitrogens with one attached hydrogen (secondary N) is 1. The summed E-state index contributed by atoms with van der Waals surface area (Å²) in [7, 11) is 1.77. The third-order valence-corrected chi connectivity index (χ3v) is 3.67. The summed E-state index contributed by atoms with van der Waals surface area (Å²) in [6, 6.07) is 14.7. The molecule has 0 heterocycles. The molecule has 0 bridgehead atoms. The summed E-state index contributed by atoms with van der Waals surface area (Å²) in [6.45, 7) is 2.46. The van der Waals surface area contributed by atoms with Gasteiger partial charge in [0.25, 0.3) is 5.91 Å². The maximum absolute atomic E-state index is 12.4. The molecule has 5 heteroatoms. The molecule has 0 saturated carbocycles. The van der Waals surface area contributed by atoms with Crippen LogP contribution in [-0.4, -0.2) is 23.8 Å². The third-order valence-electron chi connectivity index (χ3n) is 3.42. The number of hydrogen-bond donors (Lipinski definition) is 1. The summed E-state index contributed by atoms with van der Waals surface area (Å²) in [5.74, 6) is -0.126. The largest absolute Gasteiger partial charge is 0.352 e. The van der Waals surface area contributed by atoms with E-state index in [9.17, 15) is 9.59 Å². The van der Waals surface area contributed by atoms with Gasteiger partial charge in [0.05, 0.1) is 0 Å². The number of carbonyl (C=O) groups is 2. The molecule has 0 aromatic heterocycles. The SMILES string of the molecule is CC(=O)NCc1ccc(C(=O)N(C)Cc2ccc(Cl)cc2)cc1. The molecule has 2 aromatic carbocycles. The molecule has 0 unspecified atom stereocenters. The van der Waals surface area contributed by atoms with Crippen molar-refractivity contribution in [3.8, 4) is 0 Å². The van der Waals surface area contributed by atoms with Crippen LogP contribution in [0.25, 0.3) is 0 Å². The Morgan fingerprint density at radius 1 is 1.00 bits per heavy atom. The van der Waals surface area contributed by atoms with Crippen molar-refractivity contribution in [2.75, 3.05) is 7.05 Å². The van der Waals surface area contributed by atoms with E-state index in [0.29, 0.717) is 23.7 Å². The van der Waals surface area contributed by atoms with Gasteiger partial charge in [0.1, 0.15) is 0 Å². The third kappa shape index (κ3) is 5.11. The fraction of sp³-hybridized carbons (Fsp3) is 0.222. The Morgan fingerprint density at radius 3 is 2.13 bits per heavy atom. The quantitative estimate of drug-likeness (QED) is 0.915. The van der Waals surface area contributed by atoms with Crippen LogP contribution in [0, 0.1) is 0 Å². The predicted molar refractivity (Wildman–Crippen MR) is 91.2 cm³/mol. The first-order chi connectivity index (χ1) is 11.0. The van der Waals surface area contributed by atoms with E-state index in [0.717, 1.165) is 11.1 Å². The summed E-state index contributed by atoms with van der Waals surface area (Å²) in [4.78, 5) is 25.0. The maximum Gasteiger partial charge on any atom is 0.253 e. The van der Waals surface area contributed by atoms with Crippen LogP contribution in [0.1, 0.15) is 28.4 Å². The van der Waals surface area contributed by atoms with Crippen molar-refractivity contribution in [1.29, 1.82) is 0 Å². The van der Waals surface area contributed by atoms with E-state index in [1.165, 1.54) is 6.92 Å². The lowest BCUT2D eigenvalue weighted by atomic mass is 10.1. The summed E-state index contributed by atoms with van der Waals surface area (Å²) < 4.78 is 0. The van der Waals surface area contributed by atoms with E-state index in [2.05, 4.69) is 5.32 Å². The molecule has 0 radical (unpaired) electrons. The van der Waals surface area contributed by atoms with Crippen molar-refractivity contribution in [3.05, 3.63) is 70.2 Å². The average Bonchev–Trinajstić information content (AvgIpc) is 2.55. The van der Waals surface area contributed by atoms with Crippen LogP contribution >= 0.6 is 11.6 Å². The van der Waals surface area contributed by atoms with Gasteiger partial charge in [-0.15, -0.1) is 0 Å². The highest BCUT2D eigenvalue weighted by atomic mass is 35.5. The Balaban J connectivity index is 1.98. The highest BCUT2D eigenvalue weighted by Crippen LogP contribution is 2.13. The van der Waals surface area contributed by atoms with E-state index in [1.807, 2.05) is 36.4 Å². The van der Waals surface area contributed by atoms with E-state index in [4.69, 9.17) is 11.6 Å². The smallest absolute Gasteiger partial charge is 0.253 e. The fourth-order valence-electron chi connectivity index (χ4n) is 2.15. The Hall–Kier alpha value is -2.33. The number of nitrogens with zero attached hydrogens (tertiary/aromatic N) is 1. The standard InChI is InChI=1S/C18H19ClN2O2/c1-13(22)20-11-14-3-7-16(8-4-14)18(23)21(2)12-15-5-9-17(19)10-6-15/h3-10H,11-12H2,1-2H3,(H,20,22). The first-order valence-electron chi connectivity index (χ1n) is 7.29. The first kappa shape index (κ1) is 17.0. The summed E-state index contributed by atoms with van der Waals surface area (Å²) >= 11 is 5.86. The number of benzene rings is 2. The van der Waals surface area contributed by atoms with E-state index >= 15 is 0 Å². The number of rotatable bonds is 5. The molecule has 23 heavy (non-hydrogen) atoms. The minimum Gasteiger partial charge on any atom is -0.352 e. The molecule has 0 saturated heterocycles. The Bertz CT molecular complexity index is 681. The monoisotopic (exact) mass is 330 g/mol. The molecule has 0 aliphatic rings. The zero-order chi connectivity index (χ0) is 16.8. The Labute approximate surface area is 141 Å². The van der Waals surface area contributed by atoms with Gasteiger partial charge in [-0.25, -0.2) is 0 Å². The van der Waals surface area contributed by atoms with Crippen molar-refractivity contribution in [2.45, 2.75) is 20.0 Å². The summed E-state index contributed by atoms with van der Waals surface area (Å²) in [5, 5.41) is 3.40. The number of carbonyl (C=O) groups excluding carboxylic acids is 2. The minimum atomic E-state index is -0.0761. The van der Waals surface area contributed by atoms with Crippen LogP contribution in [0.5, 0.6) is 0 Å². The molecule has 0 fully saturated rings. The van der Waals surface area contributed by atoms with Gasteiger partial charge in [-0.1, -0.05) is 35.9 Å². The number of amides is 2. The molecule has 2 aromatic rings. The van der Waals surface area contributed by atoms with Gasteiger partial charge in [0.2, 0.25) is 5.91 Å². The minimum absolute atomic E-state index is 0.0500. The molecule has 4 nitrogen and oxygen atoms in total. The second-order valence-corrected chi connectivity index (χ2v) is 5.83. The molecule has 2 amide bonds. The maximum atomic E-state index is 12.4. The second kappa shape index (κ2) is 7.79. The highest BCUT2D eigenvalue weighted by Gasteiger charge is 2.12. The molecule has 0 spiro atoms. The highest BCUT2D eigenvalue weighted by molar-refractivity contribution is 6.30. The Kier molecular flexibility index (Phi) is 5.77. The lowest BCUT2D eigenvalue weighted by Crippen LogP contribution is -2.26. The number of halogens is 1. The molecule has 2 rings (SSSR count). The van der Waals surface area contributed by atoms with Crippen LogP contribution in [-0.2, 0) is 17.9 Å². The van der Waals surface area contributed by atoms with Gasteiger partial charge in [0, 0.05) is 37.6 Å². The van der Waals surface area contributed by atoms with Crippen LogP contribution in [0.3, 0.4) is 0 Å². The molecule has 0 atom stereocenters. The normalized spacial score (nSPS) is 10.2. The van der Waals surface area contributed by atoms with Crippen LogP contribution < -0.4 is 5.32 Å². The van der Waals surface area contributed by atoms with Crippen molar-refractivity contribution < 1.29 is 9.59 Å². The molecular weight excluding hydrogens is 312 g/mol. The van der Waals surface area contributed by atoms with Crippen LogP contribution in [0.4, 0.5) is 0 Å². The van der Waals surface area contributed by atoms with Gasteiger partial charge >= 0.3 is 0 Å². The van der Waals surface area contributed by atoms with E-state index in [1.54, 1.807) is 24.1 Å². The van der Waals surface area contributed by atoms with Crippen molar-refractivity contribution in [1.82, 2.24) is 10.2 Å². The topological polar surface area (TPSA) is 49.4 Å². The van der Waals surface area contributed by atoms with E-state index in [-0.39, 0.29) is 11.8 Å². The zero-order valence-corrected chi connectivity index (χ0v) is 13.9. The first-order valence-corrected chi connectivity index (χ1v) is 7.67. The lowest BCUT2D eigenvalue weighted by molar-refractivity contribution is -0.119. The van der Waals surface area contributed by atoms with Gasteiger partial charge in [-0.2, -0.15) is 0 Å². The molecule has 120 valence electrons. The second-order valence-electron chi connectivity index (χ2n) is 5.39. The molecule has 0 aliphatic carbocycles. The lowest BCUT2D eigenvalue weighted by Gasteiger charge is -2.17. The van der Waals surface area contributed by atoms with Crippen molar-refractivity contribution >= 4 is 23.4 Å². The average molecular weight is 331 g/mol. The predicted octanol–water partition coefficient (Wildman–Crippen LogP) is 3.25. The number of hydrogen-bond acceptors (Lipinski definition) is 2. The van der Waals surface area contributed by atoms with E-state index < -0.39 is 0 Å². The van der Waals surface area contributed by atoms with Gasteiger partial charge in [-0.3, -0.25) is 9.59 Å². The van der Waals surface area contributed by atoms with Crippen LogP contribution in [0.2, 0.25) is 5.02 Å². The van der Waals surface area contributed by atoms with Gasteiger partial charge < -0.3 is 10.2 Å². The summed E-state index contributed by atoms with van der Waals surface area (Å²) in [6.07, 6.45) is 0. The molecule has 0 aliphatic heterocycles.